The maximum atomic E-state index is 3.25. The van der Waals surface area contributed by atoms with Crippen LogP contribution < -0.4 is 4.90 Å². The third kappa shape index (κ3) is 1.86. The minimum absolute atomic E-state index is 1.18. The van der Waals surface area contributed by atoms with Crippen molar-refractivity contribution in [3.05, 3.63) is 54.7 Å². The molecular weight excluding hydrogens is 220 g/mol. The molecule has 3 rings (SSSR count). The number of benzene rings is 2. The molecular formula is C16H16N2. The van der Waals surface area contributed by atoms with Gasteiger partial charge in [0.15, 0.2) is 0 Å². The minimum atomic E-state index is 1.18. The molecule has 0 aliphatic heterocycles. The average molecular weight is 236 g/mol. The van der Waals surface area contributed by atoms with Crippen LogP contribution in [0.5, 0.6) is 0 Å². The van der Waals surface area contributed by atoms with Crippen molar-refractivity contribution in [2.45, 2.75) is 0 Å². The van der Waals surface area contributed by atoms with Gasteiger partial charge >= 0.3 is 0 Å². The molecule has 0 aliphatic carbocycles. The van der Waals surface area contributed by atoms with Crippen molar-refractivity contribution in [3.8, 4) is 11.1 Å². The maximum Gasteiger partial charge on any atom is 0.0460 e. The number of nitrogens with zero attached hydrogens (tertiary/aromatic N) is 1. The highest BCUT2D eigenvalue weighted by Crippen LogP contribution is 2.25. The van der Waals surface area contributed by atoms with E-state index in [1.54, 1.807) is 0 Å². The van der Waals surface area contributed by atoms with E-state index in [4.69, 9.17) is 0 Å². The lowest BCUT2D eigenvalue weighted by atomic mass is 10.0. The molecule has 0 fully saturated rings. The van der Waals surface area contributed by atoms with Gasteiger partial charge in [0.2, 0.25) is 0 Å². The van der Waals surface area contributed by atoms with Crippen molar-refractivity contribution in [2.24, 2.45) is 0 Å². The highest BCUT2D eigenvalue weighted by atomic mass is 15.1. The highest BCUT2D eigenvalue weighted by molar-refractivity contribution is 5.84. The SMILES string of the molecule is CN(C)c1ccc(-c2ccc3cc[nH]c3c2)cc1. The van der Waals surface area contributed by atoms with Crippen LogP contribution in [0.2, 0.25) is 0 Å². The Morgan fingerprint density at radius 2 is 1.56 bits per heavy atom. The van der Waals surface area contributed by atoms with Crippen LogP contribution in [0.3, 0.4) is 0 Å². The molecule has 2 aromatic carbocycles. The number of fused-ring (bicyclic) bond motifs is 1. The van der Waals surface area contributed by atoms with Gasteiger partial charge in [0.1, 0.15) is 0 Å². The van der Waals surface area contributed by atoms with Gasteiger partial charge in [-0.15, -0.1) is 0 Å². The van der Waals surface area contributed by atoms with E-state index in [0.29, 0.717) is 0 Å². The molecule has 1 aromatic heterocycles. The standard InChI is InChI=1S/C16H16N2/c1-18(2)15-7-5-12(6-8-15)14-4-3-13-9-10-17-16(13)11-14/h3-11,17H,1-2H3. The lowest BCUT2D eigenvalue weighted by Gasteiger charge is -2.12. The van der Waals surface area contributed by atoms with Gasteiger partial charge in [-0.3, -0.25) is 0 Å². The van der Waals surface area contributed by atoms with Crippen LogP contribution in [-0.2, 0) is 0 Å². The van der Waals surface area contributed by atoms with Crippen molar-refractivity contribution in [1.29, 1.82) is 0 Å². The van der Waals surface area contributed by atoms with Crippen LogP contribution in [0.4, 0.5) is 5.69 Å². The molecule has 0 amide bonds. The van der Waals surface area contributed by atoms with Crippen LogP contribution in [-0.4, -0.2) is 19.1 Å². The van der Waals surface area contributed by atoms with E-state index in [1.165, 1.54) is 27.7 Å². The van der Waals surface area contributed by atoms with Gasteiger partial charge in [-0.1, -0.05) is 24.3 Å². The van der Waals surface area contributed by atoms with Crippen molar-refractivity contribution < 1.29 is 0 Å². The summed E-state index contributed by atoms with van der Waals surface area (Å²) in [5.74, 6) is 0. The van der Waals surface area contributed by atoms with Crippen LogP contribution in [0.25, 0.3) is 22.0 Å². The van der Waals surface area contributed by atoms with E-state index in [9.17, 15) is 0 Å². The molecule has 2 nitrogen and oxygen atoms in total. The van der Waals surface area contributed by atoms with Gasteiger partial charge in [-0.25, -0.2) is 0 Å². The third-order valence-corrected chi connectivity index (χ3v) is 3.27. The Morgan fingerprint density at radius 3 is 2.28 bits per heavy atom. The smallest absolute Gasteiger partial charge is 0.0460 e. The first-order valence-electron chi connectivity index (χ1n) is 6.09. The number of nitrogens with one attached hydrogen (secondary N) is 1. The van der Waals surface area contributed by atoms with E-state index < -0.39 is 0 Å². The summed E-state index contributed by atoms with van der Waals surface area (Å²) in [5, 5.41) is 1.25. The van der Waals surface area contributed by atoms with Gasteiger partial charge in [0.05, 0.1) is 0 Å². The molecule has 90 valence electrons. The van der Waals surface area contributed by atoms with E-state index in [-0.39, 0.29) is 0 Å². The summed E-state index contributed by atoms with van der Waals surface area (Å²) in [5.41, 5.74) is 4.90. The number of hydrogen-bond acceptors (Lipinski definition) is 1. The second kappa shape index (κ2) is 4.22. The number of aromatic nitrogens is 1. The fourth-order valence-electron chi connectivity index (χ4n) is 2.18. The lowest BCUT2D eigenvalue weighted by Crippen LogP contribution is -2.07. The molecule has 0 saturated heterocycles. The summed E-state index contributed by atoms with van der Waals surface area (Å²) in [6.45, 7) is 0. The van der Waals surface area contributed by atoms with Gasteiger partial charge in [-0.2, -0.15) is 0 Å². The van der Waals surface area contributed by atoms with Crippen LogP contribution in [0.15, 0.2) is 54.7 Å². The number of hydrogen-bond donors (Lipinski definition) is 1. The van der Waals surface area contributed by atoms with Crippen LogP contribution in [0.1, 0.15) is 0 Å². The normalized spacial score (nSPS) is 10.8. The Labute approximate surface area is 107 Å². The summed E-state index contributed by atoms with van der Waals surface area (Å²) in [6.07, 6.45) is 1.98. The molecule has 18 heavy (non-hydrogen) atoms. The minimum Gasteiger partial charge on any atom is -0.378 e. The number of H-pyrrole nitrogens is 1. The zero-order chi connectivity index (χ0) is 12.5. The fourth-order valence-corrected chi connectivity index (χ4v) is 2.18. The monoisotopic (exact) mass is 236 g/mol. The molecule has 3 aromatic rings. The van der Waals surface area contributed by atoms with Crippen molar-refractivity contribution >= 4 is 16.6 Å². The largest absolute Gasteiger partial charge is 0.378 e. The quantitative estimate of drug-likeness (QED) is 0.715. The molecule has 1 heterocycles. The summed E-state index contributed by atoms with van der Waals surface area (Å²) in [4.78, 5) is 5.36. The molecule has 0 saturated carbocycles. The Kier molecular flexibility index (Phi) is 2.56. The van der Waals surface area contributed by atoms with Crippen LogP contribution in [0, 0.1) is 0 Å². The summed E-state index contributed by atoms with van der Waals surface area (Å²) >= 11 is 0. The first-order chi connectivity index (χ1) is 8.74. The molecule has 1 N–H and O–H groups in total. The summed E-state index contributed by atoms with van der Waals surface area (Å²) in [7, 11) is 4.11. The zero-order valence-electron chi connectivity index (χ0n) is 10.6. The Bertz CT molecular complexity index is 663. The number of aromatic amines is 1. The second-order valence-electron chi connectivity index (χ2n) is 4.72. The third-order valence-electron chi connectivity index (χ3n) is 3.27. The molecule has 0 radical (unpaired) electrons. The Balaban J connectivity index is 2.02. The second-order valence-corrected chi connectivity index (χ2v) is 4.72. The van der Waals surface area contributed by atoms with Gasteiger partial charge in [-0.05, 0) is 40.8 Å². The molecule has 0 bridgehead atoms. The number of anilines is 1. The molecule has 0 atom stereocenters. The molecule has 0 unspecified atom stereocenters. The van der Waals surface area contributed by atoms with Crippen molar-refractivity contribution in [2.75, 3.05) is 19.0 Å². The van der Waals surface area contributed by atoms with E-state index in [2.05, 4.69) is 72.5 Å². The molecule has 0 aliphatic rings. The van der Waals surface area contributed by atoms with Gasteiger partial charge in [0, 0.05) is 31.5 Å². The topological polar surface area (TPSA) is 19.0 Å². The predicted octanol–water partition coefficient (Wildman–Crippen LogP) is 3.90. The first-order valence-corrected chi connectivity index (χ1v) is 6.09. The summed E-state index contributed by atoms with van der Waals surface area (Å²) < 4.78 is 0. The molecule has 0 spiro atoms. The first kappa shape index (κ1) is 10.9. The molecule has 2 heteroatoms. The average Bonchev–Trinajstić information content (AvgIpc) is 2.86. The summed E-state index contributed by atoms with van der Waals surface area (Å²) in [6, 6.07) is 17.2. The maximum absolute atomic E-state index is 3.25. The van der Waals surface area contributed by atoms with Gasteiger partial charge < -0.3 is 9.88 Å². The highest BCUT2D eigenvalue weighted by Gasteiger charge is 2.01. The Hall–Kier alpha value is -2.22. The van der Waals surface area contributed by atoms with Crippen molar-refractivity contribution in [3.63, 3.8) is 0 Å². The number of rotatable bonds is 2. The van der Waals surface area contributed by atoms with Crippen molar-refractivity contribution in [1.82, 2.24) is 4.98 Å². The lowest BCUT2D eigenvalue weighted by molar-refractivity contribution is 1.13. The predicted molar refractivity (Wildman–Crippen MR) is 78.1 cm³/mol. The van der Waals surface area contributed by atoms with E-state index in [1.807, 2.05) is 6.20 Å². The van der Waals surface area contributed by atoms with Crippen LogP contribution >= 0.6 is 0 Å². The fraction of sp³-hybridized carbons (Fsp3) is 0.125. The van der Waals surface area contributed by atoms with E-state index >= 15 is 0 Å². The van der Waals surface area contributed by atoms with Gasteiger partial charge in [0.25, 0.3) is 0 Å². The Morgan fingerprint density at radius 1 is 0.833 bits per heavy atom. The van der Waals surface area contributed by atoms with E-state index in [0.717, 1.165) is 0 Å². The zero-order valence-corrected chi connectivity index (χ0v) is 10.6.